The highest BCUT2D eigenvalue weighted by Crippen LogP contribution is 2.34. The molecule has 5 rings (SSSR count). The van der Waals surface area contributed by atoms with Gasteiger partial charge in [0.1, 0.15) is 0 Å². The highest BCUT2D eigenvalue weighted by Gasteiger charge is 2.41. The first-order valence-electron chi connectivity index (χ1n) is 12.1. The third-order valence-corrected chi connectivity index (χ3v) is 7.22. The molecule has 176 valence electrons. The Morgan fingerprint density at radius 1 is 1.21 bits per heavy atom. The number of benzene rings is 1. The first-order valence-corrected chi connectivity index (χ1v) is 12.1. The van der Waals surface area contributed by atoms with Crippen molar-refractivity contribution in [2.45, 2.75) is 45.2 Å². The van der Waals surface area contributed by atoms with Crippen molar-refractivity contribution in [1.29, 1.82) is 0 Å². The lowest BCUT2D eigenvalue weighted by Gasteiger charge is -2.42. The normalized spacial score (nSPS) is 21.2. The van der Waals surface area contributed by atoms with Gasteiger partial charge < -0.3 is 15.0 Å². The van der Waals surface area contributed by atoms with Crippen molar-refractivity contribution in [2.24, 2.45) is 10.9 Å². The molecule has 0 aromatic heterocycles. The molecular weight excluding hydrogens is 418 g/mol. The fraction of sp³-hybridized carbons (Fsp3) is 0.560. The summed E-state index contributed by atoms with van der Waals surface area (Å²) in [6.45, 7) is 5.27. The molecule has 1 N–H and O–H groups in total. The minimum Gasteiger partial charge on any atom is -0.453 e. The van der Waals surface area contributed by atoms with E-state index >= 15 is 0 Å². The number of nitrogens with one attached hydrogen (secondary N) is 1. The van der Waals surface area contributed by atoms with Crippen molar-refractivity contribution in [3.8, 4) is 0 Å². The van der Waals surface area contributed by atoms with Crippen LogP contribution in [0.5, 0.6) is 0 Å². The minimum atomic E-state index is -0.432. The molecule has 33 heavy (non-hydrogen) atoms. The molecule has 8 heteroatoms. The van der Waals surface area contributed by atoms with Crippen molar-refractivity contribution in [3.63, 3.8) is 0 Å². The van der Waals surface area contributed by atoms with Crippen LogP contribution in [0.15, 0.2) is 40.5 Å². The van der Waals surface area contributed by atoms with Crippen LogP contribution in [0.4, 0.5) is 4.79 Å². The molecule has 1 aliphatic carbocycles. The maximum atomic E-state index is 13.6. The van der Waals surface area contributed by atoms with Crippen LogP contribution in [0.3, 0.4) is 0 Å². The summed E-state index contributed by atoms with van der Waals surface area (Å²) in [7, 11) is 1.36. The van der Waals surface area contributed by atoms with Crippen molar-refractivity contribution >= 4 is 18.0 Å². The molecule has 3 heterocycles. The summed E-state index contributed by atoms with van der Waals surface area (Å²) >= 11 is 0. The SMILES string of the molecule is COC(=O)NCc1cccc(CN2CCC3=C(C2)C(=O)N(CC2CCCC2)C2=NCCN23)c1. The molecule has 0 spiro atoms. The molecule has 0 radical (unpaired) electrons. The fourth-order valence-corrected chi connectivity index (χ4v) is 5.57. The van der Waals surface area contributed by atoms with Crippen LogP contribution < -0.4 is 5.32 Å². The van der Waals surface area contributed by atoms with Crippen LogP contribution in [0.2, 0.25) is 0 Å². The Morgan fingerprint density at radius 2 is 2.03 bits per heavy atom. The molecule has 1 aromatic rings. The second-order valence-corrected chi connectivity index (χ2v) is 9.45. The van der Waals surface area contributed by atoms with Gasteiger partial charge in [-0.25, -0.2) is 4.79 Å². The number of hydrogen-bond acceptors (Lipinski definition) is 6. The Labute approximate surface area is 195 Å². The van der Waals surface area contributed by atoms with Gasteiger partial charge in [-0.2, -0.15) is 0 Å². The van der Waals surface area contributed by atoms with E-state index in [0.717, 1.165) is 56.2 Å². The van der Waals surface area contributed by atoms with E-state index in [1.165, 1.54) is 44.1 Å². The molecule has 0 bridgehead atoms. The van der Waals surface area contributed by atoms with Gasteiger partial charge in [-0.15, -0.1) is 0 Å². The van der Waals surface area contributed by atoms with Gasteiger partial charge in [-0.1, -0.05) is 37.1 Å². The average molecular weight is 452 g/mol. The maximum Gasteiger partial charge on any atom is 0.407 e. The Balaban J connectivity index is 1.28. The molecule has 1 fully saturated rings. The topological polar surface area (TPSA) is 77.5 Å². The number of ether oxygens (including phenoxy) is 1. The number of amides is 2. The Hall–Kier alpha value is -2.87. The van der Waals surface area contributed by atoms with E-state index in [2.05, 4.69) is 32.0 Å². The standard InChI is InChI=1S/C25H33N5O3/c1-33-25(32)27-14-19-7-4-8-20(13-19)15-28-11-9-22-21(17-28)23(31)30(16-18-5-2-3-6-18)24-26-10-12-29(22)24/h4,7-8,13,18H,2-3,5-6,9-12,14-17H2,1H3,(H,27,32). The third kappa shape index (κ3) is 4.62. The van der Waals surface area contributed by atoms with Gasteiger partial charge in [0.05, 0.1) is 19.2 Å². The van der Waals surface area contributed by atoms with E-state index in [1.54, 1.807) is 0 Å². The number of methoxy groups -OCH3 is 1. The van der Waals surface area contributed by atoms with Crippen LogP contribution in [-0.2, 0) is 22.6 Å². The van der Waals surface area contributed by atoms with Crippen LogP contribution in [-0.4, -0.2) is 72.5 Å². The van der Waals surface area contributed by atoms with Crippen LogP contribution in [0.1, 0.15) is 43.2 Å². The molecule has 1 saturated carbocycles. The quantitative estimate of drug-likeness (QED) is 0.720. The number of alkyl carbamates (subject to hydrolysis) is 1. The monoisotopic (exact) mass is 451 g/mol. The first kappa shape index (κ1) is 21.9. The van der Waals surface area contributed by atoms with Gasteiger partial charge >= 0.3 is 6.09 Å². The van der Waals surface area contributed by atoms with Gasteiger partial charge in [0, 0.05) is 51.4 Å². The van der Waals surface area contributed by atoms with E-state index in [-0.39, 0.29) is 5.91 Å². The number of aliphatic imine (C=N–C) groups is 1. The molecular formula is C25H33N5O3. The highest BCUT2D eigenvalue weighted by molar-refractivity contribution is 6.10. The van der Waals surface area contributed by atoms with Crippen LogP contribution in [0, 0.1) is 5.92 Å². The predicted octanol–water partition coefficient (Wildman–Crippen LogP) is 2.71. The highest BCUT2D eigenvalue weighted by atomic mass is 16.5. The third-order valence-electron chi connectivity index (χ3n) is 7.22. The number of carbonyl (C=O) groups excluding carboxylic acids is 2. The minimum absolute atomic E-state index is 0.162. The summed E-state index contributed by atoms with van der Waals surface area (Å²) in [4.78, 5) is 36.3. The number of hydrogen-bond donors (Lipinski definition) is 1. The fourth-order valence-electron chi connectivity index (χ4n) is 5.57. The Bertz CT molecular complexity index is 982. The molecule has 1 aromatic carbocycles. The van der Waals surface area contributed by atoms with Gasteiger partial charge in [0.2, 0.25) is 5.96 Å². The van der Waals surface area contributed by atoms with E-state index < -0.39 is 6.09 Å². The van der Waals surface area contributed by atoms with E-state index in [9.17, 15) is 9.59 Å². The number of rotatable bonds is 6. The molecule has 2 amide bonds. The van der Waals surface area contributed by atoms with Gasteiger partial charge in [0.25, 0.3) is 5.91 Å². The van der Waals surface area contributed by atoms with Gasteiger partial charge in [-0.3, -0.25) is 19.6 Å². The Kier molecular flexibility index (Phi) is 6.35. The second kappa shape index (κ2) is 9.55. The van der Waals surface area contributed by atoms with Gasteiger partial charge in [-0.05, 0) is 29.9 Å². The summed E-state index contributed by atoms with van der Waals surface area (Å²) in [6, 6.07) is 8.22. The number of fused-ring (bicyclic) bond motifs is 2. The summed E-state index contributed by atoms with van der Waals surface area (Å²) in [5.41, 5.74) is 4.34. The van der Waals surface area contributed by atoms with Crippen molar-refractivity contribution in [2.75, 3.05) is 39.8 Å². The van der Waals surface area contributed by atoms with E-state index in [1.807, 2.05) is 17.0 Å². The average Bonchev–Trinajstić information content (AvgIpc) is 3.53. The number of guanidine groups is 1. The zero-order valence-corrected chi connectivity index (χ0v) is 19.4. The lowest BCUT2D eigenvalue weighted by molar-refractivity contribution is -0.125. The van der Waals surface area contributed by atoms with Crippen LogP contribution >= 0.6 is 0 Å². The summed E-state index contributed by atoms with van der Waals surface area (Å²) < 4.78 is 4.65. The summed E-state index contributed by atoms with van der Waals surface area (Å²) in [5.74, 6) is 1.65. The largest absolute Gasteiger partial charge is 0.453 e. The lowest BCUT2D eigenvalue weighted by atomic mass is 9.99. The van der Waals surface area contributed by atoms with Gasteiger partial charge in [0.15, 0.2) is 0 Å². The molecule has 0 unspecified atom stereocenters. The van der Waals surface area contributed by atoms with Crippen molar-refractivity contribution in [3.05, 3.63) is 46.7 Å². The maximum absolute atomic E-state index is 13.6. The molecule has 4 aliphatic rings. The molecule has 0 atom stereocenters. The molecule has 8 nitrogen and oxygen atoms in total. The van der Waals surface area contributed by atoms with E-state index in [4.69, 9.17) is 4.99 Å². The molecule has 3 aliphatic heterocycles. The van der Waals surface area contributed by atoms with Crippen molar-refractivity contribution in [1.82, 2.24) is 20.0 Å². The smallest absolute Gasteiger partial charge is 0.407 e. The zero-order chi connectivity index (χ0) is 22.8. The van der Waals surface area contributed by atoms with E-state index in [0.29, 0.717) is 19.0 Å². The van der Waals surface area contributed by atoms with Crippen molar-refractivity contribution < 1.29 is 14.3 Å². The summed E-state index contributed by atoms with van der Waals surface area (Å²) in [6.07, 6.45) is 5.43. The Morgan fingerprint density at radius 3 is 2.85 bits per heavy atom. The number of carbonyl (C=O) groups is 2. The predicted molar refractivity (Wildman–Crippen MR) is 125 cm³/mol. The first-order chi connectivity index (χ1) is 16.1. The van der Waals surface area contributed by atoms with Crippen LogP contribution in [0.25, 0.3) is 0 Å². The number of nitrogens with zero attached hydrogens (tertiary/aromatic N) is 4. The zero-order valence-electron chi connectivity index (χ0n) is 19.4. The molecule has 0 saturated heterocycles. The summed E-state index contributed by atoms with van der Waals surface area (Å²) in [5, 5.41) is 2.73. The second-order valence-electron chi connectivity index (χ2n) is 9.45. The lowest BCUT2D eigenvalue weighted by Crippen LogP contribution is -2.55.